The third-order valence-electron chi connectivity index (χ3n) is 2.07. The van der Waals surface area contributed by atoms with E-state index in [0.29, 0.717) is 0 Å². The molecule has 0 bridgehead atoms. The molecule has 0 aromatic carbocycles. The SMILES string of the molecule is CC(=S)N(c1ccccn1)c1ccccn1. The van der Waals surface area contributed by atoms with E-state index in [1.807, 2.05) is 48.2 Å². The first-order valence-electron chi connectivity index (χ1n) is 4.92. The van der Waals surface area contributed by atoms with Crippen LogP contribution in [0, 0.1) is 0 Å². The van der Waals surface area contributed by atoms with Gasteiger partial charge in [0.05, 0.1) is 4.99 Å². The van der Waals surface area contributed by atoms with Gasteiger partial charge in [-0.2, -0.15) is 0 Å². The quantitative estimate of drug-likeness (QED) is 0.740. The summed E-state index contributed by atoms with van der Waals surface area (Å²) in [6.45, 7) is 1.86. The topological polar surface area (TPSA) is 29.0 Å². The Balaban J connectivity index is 2.44. The van der Waals surface area contributed by atoms with Gasteiger partial charge in [-0.1, -0.05) is 24.4 Å². The average molecular weight is 229 g/mol. The highest BCUT2D eigenvalue weighted by Crippen LogP contribution is 2.20. The van der Waals surface area contributed by atoms with Gasteiger partial charge in [-0.3, -0.25) is 4.90 Å². The minimum Gasteiger partial charge on any atom is -0.273 e. The van der Waals surface area contributed by atoms with Crippen molar-refractivity contribution in [1.29, 1.82) is 0 Å². The van der Waals surface area contributed by atoms with Gasteiger partial charge in [0.15, 0.2) is 0 Å². The highest BCUT2D eigenvalue weighted by atomic mass is 32.1. The van der Waals surface area contributed by atoms with E-state index in [2.05, 4.69) is 9.97 Å². The maximum atomic E-state index is 5.23. The van der Waals surface area contributed by atoms with Crippen LogP contribution in [-0.4, -0.2) is 15.0 Å². The number of hydrogen-bond acceptors (Lipinski definition) is 3. The molecule has 0 aliphatic heterocycles. The third-order valence-corrected chi connectivity index (χ3v) is 2.25. The van der Waals surface area contributed by atoms with Crippen molar-refractivity contribution < 1.29 is 0 Å². The van der Waals surface area contributed by atoms with Gasteiger partial charge in [0.2, 0.25) is 0 Å². The fourth-order valence-electron chi connectivity index (χ4n) is 1.41. The summed E-state index contributed by atoms with van der Waals surface area (Å²) in [4.78, 5) is 11.1. The molecule has 2 heterocycles. The number of anilines is 2. The second-order valence-corrected chi connectivity index (χ2v) is 3.82. The van der Waals surface area contributed by atoms with E-state index in [4.69, 9.17) is 12.2 Å². The fourth-order valence-corrected chi connectivity index (χ4v) is 1.60. The van der Waals surface area contributed by atoms with Crippen LogP contribution in [0.25, 0.3) is 0 Å². The summed E-state index contributed by atoms with van der Waals surface area (Å²) in [6, 6.07) is 11.4. The van der Waals surface area contributed by atoms with Gasteiger partial charge in [-0.05, 0) is 31.2 Å². The molecule has 0 N–H and O–H groups in total. The lowest BCUT2D eigenvalue weighted by Crippen LogP contribution is -2.22. The van der Waals surface area contributed by atoms with Crippen LogP contribution in [0.4, 0.5) is 11.6 Å². The van der Waals surface area contributed by atoms with E-state index in [1.54, 1.807) is 12.4 Å². The van der Waals surface area contributed by atoms with Gasteiger partial charge in [0.1, 0.15) is 11.6 Å². The Morgan fingerprint density at radius 2 is 1.50 bits per heavy atom. The summed E-state index contributed by atoms with van der Waals surface area (Å²) in [5.41, 5.74) is 0. The molecule has 0 spiro atoms. The average Bonchev–Trinajstić information content (AvgIpc) is 2.31. The number of hydrogen-bond donors (Lipinski definition) is 0. The molecule has 3 nitrogen and oxygen atoms in total. The Kier molecular flexibility index (Phi) is 3.22. The van der Waals surface area contributed by atoms with Crippen molar-refractivity contribution in [2.24, 2.45) is 0 Å². The van der Waals surface area contributed by atoms with E-state index in [1.165, 1.54) is 0 Å². The van der Waals surface area contributed by atoms with Crippen LogP contribution in [0.1, 0.15) is 6.92 Å². The summed E-state index contributed by atoms with van der Waals surface area (Å²) in [6.07, 6.45) is 3.48. The summed E-state index contributed by atoms with van der Waals surface area (Å²) >= 11 is 5.23. The Bertz CT molecular complexity index is 431. The van der Waals surface area contributed by atoms with E-state index < -0.39 is 0 Å². The van der Waals surface area contributed by atoms with Crippen LogP contribution in [0.2, 0.25) is 0 Å². The van der Waals surface area contributed by atoms with Crippen LogP contribution in [0.3, 0.4) is 0 Å². The van der Waals surface area contributed by atoms with Crippen LogP contribution >= 0.6 is 12.2 Å². The van der Waals surface area contributed by atoms with Crippen LogP contribution < -0.4 is 4.90 Å². The number of rotatable bonds is 2. The molecule has 0 aliphatic rings. The van der Waals surface area contributed by atoms with E-state index in [-0.39, 0.29) is 0 Å². The lowest BCUT2D eigenvalue weighted by molar-refractivity contribution is 1.16. The van der Waals surface area contributed by atoms with Gasteiger partial charge >= 0.3 is 0 Å². The molecule has 0 amide bonds. The number of thiocarbonyl (C=S) groups is 1. The molecule has 16 heavy (non-hydrogen) atoms. The standard InChI is InChI=1S/C12H11N3S/c1-10(16)15(11-6-2-4-8-13-11)12-7-3-5-9-14-12/h2-9H,1H3. The monoisotopic (exact) mass is 229 g/mol. The zero-order valence-electron chi connectivity index (χ0n) is 8.87. The first kappa shape index (κ1) is 10.7. The zero-order chi connectivity index (χ0) is 11.4. The molecule has 0 saturated heterocycles. The van der Waals surface area contributed by atoms with Gasteiger partial charge in [-0.25, -0.2) is 9.97 Å². The van der Waals surface area contributed by atoms with E-state index in [0.717, 1.165) is 16.6 Å². The molecule has 0 unspecified atom stereocenters. The molecule has 0 radical (unpaired) electrons. The Labute approximate surface area is 99.8 Å². The van der Waals surface area contributed by atoms with Crippen LogP contribution in [0.5, 0.6) is 0 Å². The van der Waals surface area contributed by atoms with Crippen molar-refractivity contribution >= 4 is 28.8 Å². The molecular formula is C12H11N3S. The van der Waals surface area contributed by atoms with Crippen molar-refractivity contribution in [1.82, 2.24) is 9.97 Å². The van der Waals surface area contributed by atoms with Crippen molar-refractivity contribution in [3.05, 3.63) is 48.8 Å². The lowest BCUT2D eigenvalue weighted by Gasteiger charge is -2.20. The minimum atomic E-state index is 0.720. The molecule has 4 heteroatoms. The molecule has 0 atom stereocenters. The zero-order valence-corrected chi connectivity index (χ0v) is 9.69. The first-order chi connectivity index (χ1) is 7.79. The predicted octanol–water partition coefficient (Wildman–Crippen LogP) is 2.96. The van der Waals surface area contributed by atoms with Gasteiger partial charge in [0.25, 0.3) is 0 Å². The van der Waals surface area contributed by atoms with E-state index in [9.17, 15) is 0 Å². The van der Waals surface area contributed by atoms with Crippen molar-refractivity contribution in [2.45, 2.75) is 6.92 Å². The van der Waals surface area contributed by atoms with Crippen molar-refractivity contribution in [3.8, 4) is 0 Å². The van der Waals surface area contributed by atoms with Crippen LogP contribution in [-0.2, 0) is 0 Å². The lowest BCUT2D eigenvalue weighted by atomic mass is 10.3. The highest BCUT2D eigenvalue weighted by Gasteiger charge is 2.12. The van der Waals surface area contributed by atoms with Crippen molar-refractivity contribution in [2.75, 3.05) is 4.90 Å². The summed E-state index contributed by atoms with van der Waals surface area (Å²) in [5.74, 6) is 1.57. The molecular weight excluding hydrogens is 218 g/mol. The summed E-state index contributed by atoms with van der Waals surface area (Å²) in [5, 5.41) is 0. The Morgan fingerprint density at radius 1 is 1.00 bits per heavy atom. The van der Waals surface area contributed by atoms with Gasteiger partial charge in [0, 0.05) is 12.4 Å². The fraction of sp³-hybridized carbons (Fsp3) is 0.0833. The molecule has 2 aromatic heterocycles. The predicted molar refractivity (Wildman–Crippen MR) is 68.9 cm³/mol. The summed E-state index contributed by atoms with van der Waals surface area (Å²) in [7, 11) is 0. The van der Waals surface area contributed by atoms with E-state index >= 15 is 0 Å². The van der Waals surface area contributed by atoms with Crippen molar-refractivity contribution in [3.63, 3.8) is 0 Å². The number of pyridine rings is 2. The molecule has 2 rings (SSSR count). The normalized spacial score (nSPS) is 9.81. The maximum absolute atomic E-state index is 5.23. The molecule has 0 aliphatic carbocycles. The third kappa shape index (κ3) is 2.23. The number of nitrogens with zero attached hydrogens (tertiary/aromatic N) is 3. The first-order valence-corrected chi connectivity index (χ1v) is 5.32. The molecule has 2 aromatic rings. The second-order valence-electron chi connectivity index (χ2n) is 3.23. The largest absolute Gasteiger partial charge is 0.273 e. The second kappa shape index (κ2) is 4.81. The molecule has 80 valence electrons. The number of aromatic nitrogens is 2. The Morgan fingerprint density at radius 3 is 1.81 bits per heavy atom. The molecule has 0 saturated carbocycles. The summed E-state index contributed by atoms with van der Waals surface area (Å²) < 4.78 is 0. The van der Waals surface area contributed by atoms with Crippen LogP contribution in [0.15, 0.2) is 48.8 Å². The Hall–Kier alpha value is -1.81. The highest BCUT2D eigenvalue weighted by molar-refractivity contribution is 7.80. The maximum Gasteiger partial charge on any atom is 0.139 e. The van der Waals surface area contributed by atoms with Gasteiger partial charge in [-0.15, -0.1) is 0 Å². The van der Waals surface area contributed by atoms with Gasteiger partial charge < -0.3 is 0 Å². The minimum absolute atomic E-state index is 0.720. The smallest absolute Gasteiger partial charge is 0.139 e. The molecule has 0 fully saturated rings.